The lowest BCUT2D eigenvalue weighted by molar-refractivity contribution is -0.116. The molecule has 0 bridgehead atoms. The summed E-state index contributed by atoms with van der Waals surface area (Å²) >= 11 is 1.36. The number of amides is 1. The molecule has 7 heteroatoms. The summed E-state index contributed by atoms with van der Waals surface area (Å²) in [6.45, 7) is 5.81. The fraction of sp³-hybridized carbons (Fsp3) is 0.261. The fourth-order valence-electron chi connectivity index (χ4n) is 3.63. The average molecular weight is 442 g/mol. The van der Waals surface area contributed by atoms with Gasteiger partial charge in [-0.25, -0.2) is 8.42 Å². The minimum Gasteiger partial charge on any atom is -0.491 e. The van der Waals surface area contributed by atoms with Crippen molar-refractivity contribution in [3.63, 3.8) is 0 Å². The topological polar surface area (TPSA) is 72.5 Å². The molecule has 0 saturated carbocycles. The number of carbonyl (C=O) groups excluding carboxylic acids is 1. The van der Waals surface area contributed by atoms with E-state index in [1.807, 2.05) is 45.0 Å². The Labute approximate surface area is 180 Å². The Kier molecular flexibility index (Phi) is 5.42. The Bertz CT molecular complexity index is 1190. The third-order valence-corrected chi connectivity index (χ3v) is 8.07. The van der Waals surface area contributed by atoms with Gasteiger partial charge in [0.1, 0.15) is 10.6 Å². The largest absolute Gasteiger partial charge is 0.491 e. The van der Waals surface area contributed by atoms with Gasteiger partial charge in [0.25, 0.3) is 0 Å². The molecule has 0 saturated heterocycles. The van der Waals surface area contributed by atoms with Gasteiger partial charge in [-0.05, 0) is 39.0 Å². The summed E-state index contributed by atoms with van der Waals surface area (Å²) in [7, 11) is -3.75. The monoisotopic (exact) mass is 441 g/mol. The highest BCUT2D eigenvalue weighted by atomic mass is 32.2. The molecule has 5 nitrogen and oxygen atoms in total. The molecule has 0 spiro atoms. The highest BCUT2D eigenvalue weighted by molar-refractivity contribution is 7.91. The van der Waals surface area contributed by atoms with Crippen LogP contribution >= 0.6 is 11.3 Å². The van der Waals surface area contributed by atoms with Crippen molar-refractivity contribution in [1.29, 1.82) is 0 Å². The maximum Gasteiger partial charge on any atom is 0.225 e. The molecule has 1 aromatic heterocycles. The maximum absolute atomic E-state index is 13.3. The molecular weight excluding hydrogens is 418 g/mol. The van der Waals surface area contributed by atoms with Crippen LogP contribution in [0, 0.1) is 6.92 Å². The Morgan fingerprint density at radius 3 is 2.50 bits per heavy atom. The number of thiophene rings is 1. The van der Waals surface area contributed by atoms with E-state index in [1.165, 1.54) is 11.3 Å². The lowest BCUT2D eigenvalue weighted by Gasteiger charge is -2.26. The first-order valence-corrected chi connectivity index (χ1v) is 12.1. The molecule has 1 aliphatic rings. The molecule has 30 heavy (non-hydrogen) atoms. The molecule has 1 atom stereocenters. The number of para-hydroxylation sites is 1. The van der Waals surface area contributed by atoms with Crippen molar-refractivity contribution in [1.82, 2.24) is 0 Å². The normalized spacial score (nSPS) is 16.3. The second kappa shape index (κ2) is 7.89. The van der Waals surface area contributed by atoms with E-state index in [9.17, 15) is 13.2 Å². The third kappa shape index (κ3) is 3.75. The Morgan fingerprint density at radius 1 is 1.10 bits per heavy atom. The fourth-order valence-corrected chi connectivity index (χ4v) is 6.53. The van der Waals surface area contributed by atoms with E-state index < -0.39 is 9.84 Å². The number of rotatable bonds is 5. The number of hydrogen-bond acceptors (Lipinski definition) is 5. The van der Waals surface area contributed by atoms with Crippen molar-refractivity contribution >= 4 is 32.8 Å². The SMILES string of the molecule is Cc1ccc(S(=O)(=O)c2csc3c2NC(=O)C[C@@H]3c2ccccc2OC(C)C)cc1. The van der Waals surface area contributed by atoms with Crippen LogP contribution in [0.15, 0.2) is 63.7 Å². The molecule has 0 unspecified atom stereocenters. The second-order valence-electron chi connectivity index (χ2n) is 7.67. The Balaban J connectivity index is 1.81. The lowest BCUT2D eigenvalue weighted by atomic mass is 9.90. The van der Waals surface area contributed by atoms with Crippen molar-refractivity contribution < 1.29 is 17.9 Å². The molecule has 156 valence electrons. The van der Waals surface area contributed by atoms with Crippen LogP contribution < -0.4 is 10.1 Å². The van der Waals surface area contributed by atoms with Gasteiger partial charge in [0.15, 0.2) is 0 Å². The molecule has 1 amide bonds. The van der Waals surface area contributed by atoms with Crippen molar-refractivity contribution in [2.75, 3.05) is 5.32 Å². The first-order chi connectivity index (χ1) is 14.3. The predicted octanol–water partition coefficient (Wildman–Crippen LogP) is 5.15. The van der Waals surface area contributed by atoms with E-state index in [1.54, 1.807) is 29.6 Å². The molecule has 2 heterocycles. The number of carbonyl (C=O) groups is 1. The number of anilines is 1. The Morgan fingerprint density at radius 2 is 1.80 bits per heavy atom. The second-order valence-corrected chi connectivity index (χ2v) is 10.5. The zero-order chi connectivity index (χ0) is 21.5. The molecule has 4 rings (SSSR count). The average Bonchev–Trinajstić information content (AvgIpc) is 3.12. The number of fused-ring (bicyclic) bond motifs is 1. The summed E-state index contributed by atoms with van der Waals surface area (Å²) in [6.07, 6.45) is 0.236. The number of ether oxygens (including phenoxy) is 1. The Hall–Kier alpha value is -2.64. The molecule has 2 aromatic carbocycles. The summed E-state index contributed by atoms with van der Waals surface area (Å²) < 4.78 is 32.5. The minimum absolute atomic E-state index is 0.0103. The first-order valence-electron chi connectivity index (χ1n) is 9.76. The number of hydrogen-bond donors (Lipinski definition) is 1. The predicted molar refractivity (Wildman–Crippen MR) is 118 cm³/mol. The highest BCUT2D eigenvalue weighted by Gasteiger charge is 2.35. The standard InChI is InChI=1S/C23H23NO4S2/c1-14(2)28-19-7-5-4-6-17(19)18-12-21(25)24-22-20(13-29-23(18)22)30(26,27)16-10-8-15(3)9-11-16/h4-11,13-14,18H,12H2,1-3H3,(H,24,25)/t18-/m1/s1. The number of aryl methyl sites for hydroxylation is 1. The van der Waals surface area contributed by atoms with E-state index in [4.69, 9.17) is 4.74 Å². The smallest absolute Gasteiger partial charge is 0.225 e. The van der Waals surface area contributed by atoms with Crippen LogP contribution in [0.5, 0.6) is 5.75 Å². The van der Waals surface area contributed by atoms with Gasteiger partial charge in [-0.3, -0.25) is 4.79 Å². The van der Waals surface area contributed by atoms with Gasteiger partial charge in [0.05, 0.1) is 16.7 Å². The van der Waals surface area contributed by atoms with Crippen molar-refractivity contribution in [3.05, 3.63) is 69.9 Å². The van der Waals surface area contributed by atoms with Crippen LogP contribution in [0.1, 0.15) is 42.2 Å². The van der Waals surface area contributed by atoms with Crippen LogP contribution in [0.2, 0.25) is 0 Å². The number of sulfone groups is 1. The van der Waals surface area contributed by atoms with Crippen LogP contribution in [0.4, 0.5) is 5.69 Å². The van der Waals surface area contributed by atoms with Crippen LogP contribution in [0.3, 0.4) is 0 Å². The van der Waals surface area contributed by atoms with E-state index in [-0.39, 0.29) is 34.1 Å². The first kappa shape index (κ1) is 20.6. The summed E-state index contributed by atoms with van der Waals surface area (Å²) in [5, 5.41) is 4.44. The van der Waals surface area contributed by atoms with E-state index in [0.29, 0.717) is 5.69 Å². The summed E-state index contributed by atoms with van der Waals surface area (Å²) in [6, 6.07) is 14.4. The van der Waals surface area contributed by atoms with E-state index in [2.05, 4.69) is 5.32 Å². The van der Waals surface area contributed by atoms with Gasteiger partial charge in [-0.2, -0.15) is 0 Å². The molecule has 1 N–H and O–H groups in total. The third-order valence-electron chi connectivity index (χ3n) is 5.03. The summed E-state index contributed by atoms with van der Waals surface area (Å²) in [5.41, 5.74) is 2.26. The van der Waals surface area contributed by atoms with Crippen LogP contribution in [0.25, 0.3) is 0 Å². The quantitative estimate of drug-likeness (QED) is 0.594. The maximum atomic E-state index is 13.3. The van der Waals surface area contributed by atoms with Crippen molar-refractivity contribution in [2.24, 2.45) is 0 Å². The summed E-state index contributed by atoms with van der Waals surface area (Å²) in [4.78, 5) is 13.8. The highest BCUT2D eigenvalue weighted by Crippen LogP contribution is 2.47. The molecule has 0 fully saturated rings. The number of benzene rings is 2. The van der Waals surface area contributed by atoms with Crippen molar-refractivity contribution in [2.45, 2.75) is 49.0 Å². The van der Waals surface area contributed by atoms with E-state index >= 15 is 0 Å². The van der Waals surface area contributed by atoms with Crippen LogP contribution in [-0.4, -0.2) is 20.4 Å². The minimum atomic E-state index is -3.75. The lowest BCUT2D eigenvalue weighted by Crippen LogP contribution is -2.24. The molecular formula is C23H23NO4S2. The van der Waals surface area contributed by atoms with Gasteiger partial charge in [0, 0.05) is 28.2 Å². The van der Waals surface area contributed by atoms with Gasteiger partial charge in [0.2, 0.25) is 15.7 Å². The molecule has 0 radical (unpaired) electrons. The summed E-state index contributed by atoms with van der Waals surface area (Å²) in [5.74, 6) is 0.260. The molecule has 0 aliphatic carbocycles. The molecule has 1 aliphatic heterocycles. The van der Waals surface area contributed by atoms with Crippen LogP contribution in [-0.2, 0) is 14.6 Å². The number of nitrogens with one attached hydrogen (secondary N) is 1. The van der Waals surface area contributed by atoms with Gasteiger partial charge >= 0.3 is 0 Å². The zero-order valence-corrected chi connectivity index (χ0v) is 18.6. The van der Waals surface area contributed by atoms with Gasteiger partial charge in [-0.1, -0.05) is 35.9 Å². The van der Waals surface area contributed by atoms with Crippen molar-refractivity contribution in [3.8, 4) is 5.75 Å². The van der Waals surface area contributed by atoms with Gasteiger partial charge in [-0.15, -0.1) is 11.3 Å². The van der Waals surface area contributed by atoms with Gasteiger partial charge < -0.3 is 10.1 Å². The molecule has 3 aromatic rings. The zero-order valence-electron chi connectivity index (χ0n) is 17.0. The van der Waals surface area contributed by atoms with E-state index in [0.717, 1.165) is 21.8 Å².